The Labute approximate surface area is 191 Å². The second kappa shape index (κ2) is 9.50. The first kappa shape index (κ1) is 22.0. The largest absolute Gasteiger partial charge is 0.495 e. The van der Waals surface area contributed by atoms with E-state index in [4.69, 9.17) is 21.1 Å². The van der Waals surface area contributed by atoms with Crippen molar-refractivity contribution >= 4 is 29.1 Å². The maximum Gasteiger partial charge on any atom is 0.251 e. The Hall–Kier alpha value is -3.23. The summed E-state index contributed by atoms with van der Waals surface area (Å²) < 4.78 is 10.7. The summed E-state index contributed by atoms with van der Waals surface area (Å²) in [6, 6.07) is 12.4. The minimum atomic E-state index is -0.384. The third kappa shape index (κ3) is 4.66. The summed E-state index contributed by atoms with van der Waals surface area (Å²) in [7, 11) is 1.51. The predicted octanol–water partition coefficient (Wildman–Crippen LogP) is 3.32. The van der Waals surface area contributed by atoms with Gasteiger partial charge in [0.1, 0.15) is 24.1 Å². The highest BCUT2D eigenvalue weighted by Crippen LogP contribution is 2.32. The van der Waals surface area contributed by atoms with Crippen molar-refractivity contribution in [2.45, 2.75) is 25.4 Å². The molecule has 2 N–H and O–H groups in total. The SMILES string of the molecule is CCOc1ccc(C2CC3C(=O)N(CC(=O)Nc4cc(Cl)ccc4OC)C=CN3N2)cc1. The summed E-state index contributed by atoms with van der Waals surface area (Å²) in [5.74, 6) is 0.830. The summed E-state index contributed by atoms with van der Waals surface area (Å²) in [6.45, 7) is 2.45. The van der Waals surface area contributed by atoms with Crippen molar-refractivity contribution < 1.29 is 19.1 Å². The van der Waals surface area contributed by atoms with Crippen molar-refractivity contribution in [3.8, 4) is 11.5 Å². The molecule has 2 aliphatic heterocycles. The molecule has 168 valence electrons. The number of ether oxygens (including phenoxy) is 2. The third-order valence-electron chi connectivity index (χ3n) is 5.42. The third-order valence-corrected chi connectivity index (χ3v) is 5.65. The molecule has 0 spiro atoms. The van der Waals surface area contributed by atoms with Gasteiger partial charge in [-0.15, -0.1) is 0 Å². The molecule has 2 heterocycles. The quantitative estimate of drug-likeness (QED) is 0.665. The number of benzene rings is 2. The van der Waals surface area contributed by atoms with Gasteiger partial charge in [0.15, 0.2) is 0 Å². The van der Waals surface area contributed by atoms with Gasteiger partial charge in [0.05, 0.1) is 25.4 Å². The second-order valence-electron chi connectivity index (χ2n) is 7.50. The van der Waals surface area contributed by atoms with Crippen LogP contribution in [0.4, 0.5) is 5.69 Å². The number of methoxy groups -OCH3 is 1. The van der Waals surface area contributed by atoms with E-state index >= 15 is 0 Å². The summed E-state index contributed by atoms with van der Waals surface area (Å²) in [6.07, 6.45) is 3.99. The summed E-state index contributed by atoms with van der Waals surface area (Å²) >= 11 is 6.02. The number of nitrogens with zero attached hydrogens (tertiary/aromatic N) is 2. The molecule has 2 aromatic rings. The van der Waals surface area contributed by atoms with Crippen LogP contribution in [-0.4, -0.2) is 48.0 Å². The van der Waals surface area contributed by atoms with Crippen LogP contribution in [0.5, 0.6) is 11.5 Å². The number of hydrazine groups is 1. The molecule has 1 saturated heterocycles. The van der Waals surface area contributed by atoms with E-state index in [2.05, 4.69) is 10.7 Å². The molecule has 2 aliphatic rings. The zero-order valence-electron chi connectivity index (χ0n) is 17.9. The van der Waals surface area contributed by atoms with Crippen LogP contribution >= 0.6 is 11.6 Å². The predicted molar refractivity (Wildman–Crippen MR) is 121 cm³/mol. The van der Waals surface area contributed by atoms with Gasteiger partial charge in [-0.3, -0.25) is 9.59 Å². The molecular formula is C23H25ClN4O4. The minimum Gasteiger partial charge on any atom is -0.495 e. The molecular weight excluding hydrogens is 432 g/mol. The number of fused-ring (bicyclic) bond motifs is 1. The highest BCUT2D eigenvalue weighted by Gasteiger charge is 2.40. The second-order valence-corrected chi connectivity index (χ2v) is 7.94. The molecule has 2 aromatic carbocycles. The van der Waals surface area contributed by atoms with E-state index in [0.717, 1.165) is 11.3 Å². The van der Waals surface area contributed by atoms with E-state index in [1.807, 2.05) is 31.2 Å². The Morgan fingerprint density at radius 2 is 2.00 bits per heavy atom. The van der Waals surface area contributed by atoms with Crippen LogP contribution in [0.15, 0.2) is 54.9 Å². The molecule has 0 radical (unpaired) electrons. The maximum absolute atomic E-state index is 13.0. The van der Waals surface area contributed by atoms with Crippen molar-refractivity contribution in [3.05, 3.63) is 65.5 Å². The Kier molecular flexibility index (Phi) is 6.53. The zero-order chi connectivity index (χ0) is 22.7. The Morgan fingerprint density at radius 3 is 2.72 bits per heavy atom. The van der Waals surface area contributed by atoms with Gasteiger partial charge in [-0.1, -0.05) is 23.7 Å². The number of rotatable bonds is 7. The lowest BCUT2D eigenvalue weighted by atomic mass is 10.0. The van der Waals surface area contributed by atoms with Crippen molar-refractivity contribution in [1.29, 1.82) is 0 Å². The normalized spacial score (nSPS) is 19.7. The average molecular weight is 457 g/mol. The maximum atomic E-state index is 13.0. The number of hydrogen-bond donors (Lipinski definition) is 2. The molecule has 2 amide bonds. The molecule has 1 fully saturated rings. The Morgan fingerprint density at radius 1 is 1.22 bits per heavy atom. The smallest absolute Gasteiger partial charge is 0.251 e. The van der Waals surface area contributed by atoms with E-state index in [1.54, 1.807) is 35.6 Å². The van der Waals surface area contributed by atoms with E-state index in [-0.39, 0.29) is 30.4 Å². The molecule has 0 aromatic heterocycles. The van der Waals surface area contributed by atoms with Crippen LogP contribution in [0.3, 0.4) is 0 Å². The lowest BCUT2D eigenvalue weighted by Crippen LogP contribution is -2.49. The van der Waals surface area contributed by atoms with Crippen LogP contribution in [0.25, 0.3) is 0 Å². The number of hydrogen-bond acceptors (Lipinski definition) is 6. The molecule has 32 heavy (non-hydrogen) atoms. The zero-order valence-corrected chi connectivity index (χ0v) is 18.6. The van der Waals surface area contributed by atoms with Gasteiger partial charge in [0.25, 0.3) is 5.91 Å². The van der Waals surface area contributed by atoms with Crippen molar-refractivity contribution in [3.63, 3.8) is 0 Å². The van der Waals surface area contributed by atoms with E-state index in [9.17, 15) is 9.59 Å². The van der Waals surface area contributed by atoms with Crippen molar-refractivity contribution in [2.24, 2.45) is 0 Å². The fraction of sp³-hybridized carbons (Fsp3) is 0.304. The van der Waals surface area contributed by atoms with Crippen LogP contribution in [-0.2, 0) is 9.59 Å². The molecule has 0 saturated carbocycles. The molecule has 4 rings (SSSR count). The molecule has 2 unspecified atom stereocenters. The van der Waals surface area contributed by atoms with Gasteiger partial charge in [0, 0.05) is 17.4 Å². The Bertz CT molecular complexity index is 1030. The molecule has 2 atom stereocenters. The Balaban J connectivity index is 1.39. The van der Waals surface area contributed by atoms with Crippen LogP contribution < -0.4 is 20.2 Å². The molecule has 8 nitrogen and oxygen atoms in total. The molecule has 0 aliphatic carbocycles. The number of carbonyl (C=O) groups is 2. The average Bonchev–Trinajstić information content (AvgIpc) is 3.22. The molecule has 0 bridgehead atoms. The highest BCUT2D eigenvalue weighted by atomic mass is 35.5. The van der Waals surface area contributed by atoms with Crippen molar-refractivity contribution in [2.75, 3.05) is 25.6 Å². The van der Waals surface area contributed by atoms with Gasteiger partial charge in [-0.2, -0.15) is 0 Å². The monoisotopic (exact) mass is 456 g/mol. The topological polar surface area (TPSA) is 83.1 Å². The van der Waals surface area contributed by atoms with E-state index in [1.165, 1.54) is 12.0 Å². The number of carbonyl (C=O) groups excluding carboxylic acids is 2. The lowest BCUT2D eigenvalue weighted by molar-refractivity contribution is -0.137. The van der Waals surface area contributed by atoms with Crippen molar-refractivity contribution in [1.82, 2.24) is 15.3 Å². The fourth-order valence-electron chi connectivity index (χ4n) is 3.87. The van der Waals surface area contributed by atoms with Gasteiger partial charge in [-0.05, 0) is 49.2 Å². The number of amides is 2. The van der Waals surface area contributed by atoms with Crippen LogP contribution in [0.1, 0.15) is 24.9 Å². The number of halogens is 1. The highest BCUT2D eigenvalue weighted by molar-refractivity contribution is 6.31. The first-order chi connectivity index (χ1) is 15.5. The molecule has 9 heteroatoms. The lowest BCUT2D eigenvalue weighted by Gasteiger charge is -2.31. The number of anilines is 1. The minimum absolute atomic E-state index is 0.00576. The standard InChI is InChI=1S/C23H25ClN4O4/c1-3-32-17-7-4-15(5-8-17)18-13-20-23(30)27(10-11-28(20)26-18)14-22(29)25-19-12-16(24)6-9-21(19)31-2/h4-12,18,20,26H,3,13-14H2,1-2H3,(H,25,29). The van der Waals surface area contributed by atoms with E-state index < -0.39 is 0 Å². The van der Waals surface area contributed by atoms with Crippen LogP contribution in [0, 0.1) is 0 Å². The van der Waals surface area contributed by atoms with Gasteiger partial charge in [0.2, 0.25) is 5.91 Å². The fourth-order valence-corrected chi connectivity index (χ4v) is 4.04. The summed E-state index contributed by atoms with van der Waals surface area (Å²) in [5.41, 5.74) is 4.88. The van der Waals surface area contributed by atoms with Gasteiger partial charge >= 0.3 is 0 Å². The summed E-state index contributed by atoms with van der Waals surface area (Å²) in [5, 5.41) is 5.04. The number of nitrogens with one attached hydrogen (secondary N) is 2. The first-order valence-electron chi connectivity index (χ1n) is 10.4. The van der Waals surface area contributed by atoms with E-state index in [0.29, 0.717) is 29.5 Å². The van der Waals surface area contributed by atoms with Crippen LogP contribution in [0.2, 0.25) is 5.02 Å². The van der Waals surface area contributed by atoms with Gasteiger partial charge in [-0.25, -0.2) is 5.43 Å². The first-order valence-corrected chi connectivity index (χ1v) is 10.8. The summed E-state index contributed by atoms with van der Waals surface area (Å²) in [4.78, 5) is 27.1. The van der Waals surface area contributed by atoms with Gasteiger partial charge < -0.3 is 24.7 Å².